The van der Waals surface area contributed by atoms with E-state index in [-0.39, 0.29) is 17.9 Å². The van der Waals surface area contributed by atoms with Crippen molar-refractivity contribution in [1.29, 1.82) is 0 Å². The number of carboxylic acids is 1. The van der Waals surface area contributed by atoms with Gasteiger partial charge >= 0.3 is 5.97 Å². The molecule has 5 heteroatoms. The average Bonchev–Trinajstić information content (AvgIpc) is 3.46. The van der Waals surface area contributed by atoms with Gasteiger partial charge in [-0.05, 0) is 70.1 Å². The highest BCUT2D eigenvalue weighted by atomic mass is 16.4. The monoisotopic (exact) mass is 366 g/mol. The number of carbonyl (C=O) groups is 2. The number of hydrogen-bond donors (Lipinski definition) is 2. The molecule has 2 aliphatic rings. The number of hydrogen-bond acceptors (Lipinski definition) is 3. The van der Waals surface area contributed by atoms with Crippen LogP contribution in [-0.4, -0.2) is 28.0 Å². The van der Waals surface area contributed by atoms with Crippen LogP contribution in [0.1, 0.15) is 71.6 Å². The van der Waals surface area contributed by atoms with Crippen molar-refractivity contribution in [2.45, 2.75) is 64.3 Å². The summed E-state index contributed by atoms with van der Waals surface area (Å²) < 4.78 is 0. The number of aryl methyl sites for hydroxylation is 2. The lowest BCUT2D eigenvalue weighted by Crippen LogP contribution is -2.38. The molecule has 0 atom stereocenters. The van der Waals surface area contributed by atoms with E-state index in [1.807, 2.05) is 26.0 Å². The van der Waals surface area contributed by atoms with Gasteiger partial charge in [-0.25, -0.2) is 0 Å². The van der Waals surface area contributed by atoms with Crippen LogP contribution in [0.15, 0.2) is 18.2 Å². The number of benzene rings is 1. The zero-order valence-electron chi connectivity index (χ0n) is 15.9. The minimum Gasteiger partial charge on any atom is -0.481 e. The molecule has 2 saturated carbocycles. The van der Waals surface area contributed by atoms with E-state index in [1.54, 1.807) is 0 Å². The van der Waals surface area contributed by atoms with Gasteiger partial charge in [0, 0.05) is 23.0 Å². The number of amides is 1. The second-order valence-electron chi connectivity index (χ2n) is 8.21. The van der Waals surface area contributed by atoms with Crippen molar-refractivity contribution in [3.8, 4) is 0 Å². The van der Waals surface area contributed by atoms with E-state index in [0.29, 0.717) is 24.3 Å². The number of carboxylic acid groups (broad SMARTS) is 1. The molecule has 142 valence electrons. The fourth-order valence-corrected chi connectivity index (χ4v) is 4.22. The summed E-state index contributed by atoms with van der Waals surface area (Å²) in [5.74, 6) is -0.577. The molecule has 4 rings (SSSR count). The lowest BCUT2D eigenvalue weighted by atomic mass is 9.86. The van der Waals surface area contributed by atoms with E-state index in [2.05, 4.69) is 11.4 Å². The van der Waals surface area contributed by atoms with Crippen LogP contribution >= 0.6 is 0 Å². The smallest absolute Gasteiger partial charge is 0.306 e. The summed E-state index contributed by atoms with van der Waals surface area (Å²) in [5, 5.41) is 13.2. The third-order valence-corrected chi connectivity index (χ3v) is 5.92. The number of pyridine rings is 1. The van der Waals surface area contributed by atoms with E-state index >= 15 is 0 Å². The molecule has 0 saturated heterocycles. The van der Waals surface area contributed by atoms with Gasteiger partial charge in [-0.2, -0.15) is 0 Å². The van der Waals surface area contributed by atoms with Crippen molar-refractivity contribution in [2.75, 3.05) is 0 Å². The highest BCUT2D eigenvalue weighted by molar-refractivity contribution is 6.07. The van der Waals surface area contributed by atoms with Crippen LogP contribution in [0.4, 0.5) is 0 Å². The first kappa shape index (κ1) is 18.0. The molecule has 27 heavy (non-hydrogen) atoms. The van der Waals surface area contributed by atoms with Crippen LogP contribution < -0.4 is 5.32 Å². The summed E-state index contributed by atoms with van der Waals surface area (Å²) >= 11 is 0. The van der Waals surface area contributed by atoms with Crippen molar-refractivity contribution < 1.29 is 14.7 Å². The minimum absolute atomic E-state index is 0.0478. The SMILES string of the molecule is Cc1cc(C)c2nc(C3CC3)cc(C(=O)NC3CCC(C(=O)O)CC3)c2c1. The maximum atomic E-state index is 13.1. The van der Waals surface area contributed by atoms with Gasteiger partial charge in [0.15, 0.2) is 0 Å². The van der Waals surface area contributed by atoms with Gasteiger partial charge in [-0.15, -0.1) is 0 Å². The Hall–Kier alpha value is -2.43. The Morgan fingerprint density at radius 2 is 1.74 bits per heavy atom. The Labute approximate surface area is 159 Å². The molecule has 1 amide bonds. The summed E-state index contributed by atoms with van der Waals surface area (Å²) in [7, 11) is 0. The molecule has 1 heterocycles. The molecule has 2 fully saturated rings. The molecule has 0 bridgehead atoms. The van der Waals surface area contributed by atoms with Gasteiger partial charge < -0.3 is 10.4 Å². The van der Waals surface area contributed by atoms with Crippen LogP contribution in [0.3, 0.4) is 0 Å². The normalized spacial score (nSPS) is 22.6. The lowest BCUT2D eigenvalue weighted by Gasteiger charge is -2.27. The molecule has 5 nitrogen and oxygen atoms in total. The number of fused-ring (bicyclic) bond motifs is 1. The first-order valence-electron chi connectivity index (χ1n) is 9.88. The summed E-state index contributed by atoms with van der Waals surface area (Å²) in [6.07, 6.45) is 4.98. The van der Waals surface area contributed by atoms with Crippen molar-refractivity contribution in [3.63, 3.8) is 0 Å². The first-order chi connectivity index (χ1) is 12.9. The standard InChI is InChI=1S/C22H26N2O3/c1-12-9-13(2)20-17(10-12)18(11-19(24-20)14-3-4-14)21(25)23-16-7-5-15(6-8-16)22(26)27/h9-11,14-16H,3-8H2,1-2H3,(H,23,25)(H,26,27). The molecule has 2 aliphatic carbocycles. The van der Waals surface area contributed by atoms with Crippen molar-refractivity contribution >= 4 is 22.8 Å². The fourth-order valence-electron chi connectivity index (χ4n) is 4.22. The summed E-state index contributed by atoms with van der Waals surface area (Å²) in [4.78, 5) is 29.1. The number of aromatic nitrogens is 1. The Kier molecular flexibility index (Phi) is 4.62. The van der Waals surface area contributed by atoms with E-state index in [4.69, 9.17) is 10.1 Å². The molecule has 0 unspecified atom stereocenters. The zero-order valence-corrected chi connectivity index (χ0v) is 15.9. The molecule has 0 spiro atoms. The Bertz CT molecular complexity index is 909. The van der Waals surface area contributed by atoms with Crippen LogP contribution in [0.5, 0.6) is 0 Å². The summed E-state index contributed by atoms with van der Waals surface area (Å²) in [6, 6.07) is 6.17. The van der Waals surface area contributed by atoms with Crippen molar-refractivity contribution in [3.05, 3.63) is 40.6 Å². The fraction of sp³-hybridized carbons (Fsp3) is 0.500. The van der Waals surface area contributed by atoms with Crippen LogP contribution in [0.25, 0.3) is 10.9 Å². The molecule has 0 radical (unpaired) electrons. The van der Waals surface area contributed by atoms with Gasteiger partial charge in [0.25, 0.3) is 5.91 Å². The predicted molar refractivity (Wildman–Crippen MR) is 104 cm³/mol. The summed E-state index contributed by atoms with van der Waals surface area (Å²) in [6.45, 7) is 4.09. The number of nitrogens with zero attached hydrogens (tertiary/aromatic N) is 1. The maximum Gasteiger partial charge on any atom is 0.306 e. The Morgan fingerprint density at radius 1 is 1.04 bits per heavy atom. The second-order valence-corrected chi connectivity index (χ2v) is 8.21. The molecule has 1 aromatic carbocycles. The van der Waals surface area contributed by atoms with Crippen LogP contribution in [0, 0.1) is 19.8 Å². The number of carbonyl (C=O) groups excluding carboxylic acids is 1. The van der Waals surface area contributed by atoms with Gasteiger partial charge in [-0.3, -0.25) is 14.6 Å². The molecule has 0 aliphatic heterocycles. The van der Waals surface area contributed by atoms with Gasteiger partial charge in [0.2, 0.25) is 0 Å². The lowest BCUT2D eigenvalue weighted by molar-refractivity contribution is -0.142. The van der Waals surface area contributed by atoms with Gasteiger partial charge in [0.1, 0.15) is 0 Å². The number of aliphatic carboxylic acids is 1. The third kappa shape index (κ3) is 3.68. The second kappa shape index (κ2) is 6.95. The number of rotatable bonds is 4. The van der Waals surface area contributed by atoms with E-state index in [9.17, 15) is 9.59 Å². The molecular weight excluding hydrogens is 340 g/mol. The average molecular weight is 366 g/mol. The Balaban J connectivity index is 1.62. The first-order valence-corrected chi connectivity index (χ1v) is 9.88. The van der Waals surface area contributed by atoms with Crippen molar-refractivity contribution in [1.82, 2.24) is 10.3 Å². The molecule has 2 N–H and O–H groups in total. The topological polar surface area (TPSA) is 79.3 Å². The molecule has 2 aromatic rings. The summed E-state index contributed by atoms with van der Waals surface area (Å²) in [5.41, 5.74) is 4.87. The predicted octanol–water partition coefficient (Wildman–Crippen LogP) is 4.10. The number of nitrogens with one attached hydrogen (secondary N) is 1. The molecular formula is C22H26N2O3. The maximum absolute atomic E-state index is 13.1. The Morgan fingerprint density at radius 3 is 2.37 bits per heavy atom. The van der Waals surface area contributed by atoms with Crippen molar-refractivity contribution in [2.24, 2.45) is 5.92 Å². The van der Waals surface area contributed by atoms with E-state index in [1.165, 1.54) is 0 Å². The van der Waals surface area contributed by atoms with Crippen LogP contribution in [-0.2, 0) is 4.79 Å². The third-order valence-electron chi connectivity index (χ3n) is 5.92. The minimum atomic E-state index is -0.722. The van der Waals surface area contributed by atoms with E-state index < -0.39 is 5.97 Å². The van der Waals surface area contributed by atoms with Gasteiger partial charge in [-0.1, -0.05) is 11.6 Å². The van der Waals surface area contributed by atoms with Crippen LogP contribution in [0.2, 0.25) is 0 Å². The van der Waals surface area contributed by atoms with E-state index in [0.717, 1.165) is 53.4 Å². The largest absolute Gasteiger partial charge is 0.481 e. The van der Waals surface area contributed by atoms with Gasteiger partial charge in [0.05, 0.1) is 17.0 Å². The zero-order chi connectivity index (χ0) is 19.1. The highest BCUT2D eigenvalue weighted by Gasteiger charge is 2.29. The highest BCUT2D eigenvalue weighted by Crippen LogP contribution is 2.40. The molecule has 1 aromatic heterocycles. The quantitative estimate of drug-likeness (QED) is 0.854.